The molecule has 0 bridgehead atoms. The van der Waals surface area contributed by atoms with Crippen molar-refractivity contribution in [3.8, 4) is 0 Å². The van der Waals surface area contributed by atoms with E-state index >= 15 is 0 Å². The third-order valence-electron chi connectivity index (χ3n) is 5.28. The highest BCUT2D eigenvalue weighted by atomic mass is 32.2. The highest BCUT2D eigenvalue weighted by molar-refractivity contribution is 8.00. The molecule has 4 rings (SSSR count). The first-order chi connectivity index (χ1) is 14.2. The van der Waals surface area contributed by atoms with E-state index < -0.39 is 5.25 Å². The first-order valence-corrected chi connectivity index (χ1v) is 10.3. The quantitative estimate of drug-likeness (QED) is 0.391. The summed E-state index contributed by atoms with van der Waals surface area (Å²) in [4.78, 5) is 40.7. The minimum atomic E-state index is -0.482. The van der Waals surface area contributed by atoms with Crippen LogP contribution in [0, 0.1) is 13.8 Å². The Hall–Kier alpha value is -3.20. The molecule has 0 aliphatic rings. The van der Waals surface area contributed by atoms with Crippen molar-refractivity contribution in [1.82, 2.24) is 24.1 Å². The average molecular weight is 423 g/mol. The fraction of sp³-hybridized carbons (Fsp3) is 0.286. The van der Waals surface area contributed by atoms with E-state index in [2.05, 4.69) is 15.2 Å². The maximum atomic E-state index is 13.1. The number of para-hydroxylation sites is 1. The zero-order valence-electron chi connectivity index (χ0n) is 17.3. The molecule has 154 valence electrons. The first-order valence-electron chi connectivity index (χ1n) is 9.46. The molecule has 4 aromatic rings. The van der Waals surface area contributed by atoms with Crippen molar-refractivity contribution in [3.63, 3.8) is 0 Å². The second-order valence-corrected chi connectivity index (χ2v) is 8.61. The van der Waals surface area contributed by atoms with Crippen molar-refractivity contribution in [2.45, 2.75) is 38.1 Å². The fourth-order valence-electron chi connectivity index (χ4n) is 3.83. The number of fused-ring (bicyclic) bond motifs is 3. The van der Waals surface area contributed by atoms with E-state index in [1.165, 1.54) is 23.3 Å². The van der Waals surface area contributed by atoms with Gasteiger partial charge < -0.3 is 4.98 Å². The Balaban J connectivity index is 1.77. The number of carbonyl (C=O) groups is 2. The summed E-state index contributed by atoms with van der Waals surface area (Å²) >= 11 is 1.26. The number of Topliss-reactive ketones (excluding diaryl/α,β-unsaturated/α-hetero) is 2. The van der Waals surface area contributed by atoms with Crippen molar-refractivity contribution in [3.05, 3.63) is 57.1 Å². The lowest BCUT2D eigenvalue weighted by atomic mass is 10.0. The Morgan fingerprint density at radius 2 is 1.87 bits per heavy atom. The molecule has 0 saturated carbocycles. The number of hydrogen-bond acceptors (Lipinski definition) is 6. The number of nitrogens with zero attached hydrogens (tertiary/aromatic N) is 4. The van der Waals surface area contributed by atoms with Gasteiger partial charge in [0.1, 0.15) is 0 Å². The summed E-state index contributed by atoms with van der Waals surface area (Å²) in [5.74, 6) is 0.210. The van der Waals surface area contributed by atoms with Crippen LogP contribution in [-0.4, -0.2) is 41.0 Å². The molecule has 0 spiro atoms. The van der Waals surface area contributed by atoms with Crippen molar-refractivity contribution in [2.24, 2.45) is 7.05 Å². The van der Waals surface area contributed by atoms with Crippen LogP contribution >= 0.6 is 11.8 Å². The van der Waals surface area contributed by atoms with E-state index in [0.29, 0.717) is 44.4 Å². The molecule has 0 aliphatic carbocycles. The Morgan fingerprint density at radius 3 is 2.53 bits per heavy atom. The van der Waals surface area contributed by atoms with Crippen LogP contribution in [0.1, 0.15) is 46.0 Å². The Morgan fingerprint density at radius 1 is 1.17 bits per heavy atom. The van der Waals surface area contributed by atoms with Crippen LogP contribution in [0.2, 0.25) is 0 Å². The van der Waals surface area contributed by atoms with Gasteiger partial charge in [-0.25, -0.2) is 0 Å². The van der Waals surface area contributed by atoms with Gasteiger partial charge >= 0.3 is 0 Å². The molecule has 1 atom stereocenters. The predicted molar refractivity (Wildman–Crippen MR) is 116 cm³/mol. The minimum Gasteiger partial charge on any atom is -0.355 e. The third-order valence-corrected chi connectivity index (χ3v) is 6.33. The Labute approximate surface area is 176 Å². The molecular weight excluding hydrogens is 402 g/mol. The van der Waals surface area contributed by atoms with Crippen LogP contribution in [0.25, 0.3) is 16.7 Å². The van der Waals surface area contributed by atoms with Gasteiger partial charge in [-0.2, -0.15) is 0 Å². The Bertz CT molecular complexity index is 1400. The summed E-state index contributed by atoms with van der Waals surface area (Å²) < 4.78 is 3.24. The van der Waals surface area contributed by atoms with Gasteiger partial charge in [0.05, 0.1) is 21.8 Å². The van der Waals surface area contributed by atoms with Gasteiger partial charge in [0, 0.05) is 18.3 Å². The lowest BCUT2D eigenvalue weighted by molar-refractivity contribution is 0.0988. The molecule has 1 unspecified atom stereocenters. The van der Waals surface area contributed by atoms with Gasteiger partial charge in [0.25, 0.3) is 5.56 Å². The molecule has 0 fully saturated rings. The molecule has 9 heteroatoms. The number of ketones is 2. The summed E-state index contributed by atoms with van der Waals surface area (Å²) in [6.45, 7) is 6.85. The molecule has 0 aliphatic heterocycles. The molecule has 1 aromatic carbocycles. The van der Waals surface area contributed by atoms with E-state index in [4.69, 9.17) is 0 Å². The summed E-state index contributed by atoms with van der Waals surface area (Å²) in [6.07, 6.45) is 0. The number of aryl methyl sites for hydroxylation is 2. The highest BCUT2D eigenvalue weighted by Crippen LogP contribution is 2.28. The van der Waals surface area contributed by atoms with Crippen LogP contribution in [0.5, 0.6) is 0 Å². The molecule has 0 amide bonds. The number of carbonyl (C=O) groups excluding carboxylic acids is 2. The van der Waals surface area contributed by atoms with Crippen LogP contribution in [-0.2, 0) is 7.05 Å². The second kappa shape index (κ2) is 7.24. The smallest absolute Gasteiger partial charge is 0.262 e. The normalized spacial score (nSPS) is 12.6. The number of hydrogen-bond donors (Lipinski definition) is 1. The molecular formula is C21H21N5O3S. The molecule has 3 heterocycles. The number of benzene rings is 1. The van der Waals surface area contributed by atoms with Crippen LogP contribution < -0.4 is 5.56 Å². The minimum absolute atomic E-state index is 0.0727. The van der Waals surface area contributed by atoms with E-state index in [1.807, 2.05) is 18.2 Å². The SMILES string of the molecule is CC(=O)c1c(C)[nH]c(C(=O)C(C)Sc2nnc3n(C)c(=O)c4ccccc4n23)c1C. The summed E-state index contributed by atoms with van der Waals surface area (Å²) in [7, 11) is 1.65. The fourth-order valence-corrected chi connectivity index (χ4v) is 4.74. The predicted octanol–water partition coefficient (Wildman–Crippen LogP) is 3.09. The largest absolute Gasteiger partial charge is 0.355 e. The average Bonchev–Trinajstić information content (AvgIpc) is 3.26. The van der Waals surface area contributed by atoms with Crippen LogP contribution in [0.15, 0.2) is 34.2 Å². The van der Waals surface area contributed by atoms with Gasteiger partial charge in [-0.1, -0.05) is 23.9 Å². The number of aromatic amines is 1. The Kier molecular flexibility index (Phi) is 4.85. The van der Waals surface area contributed by atoms with Gasteiger partial charge in [0.15, 0.2) is 16.7 Å². The number of nitrogens with one attached hydrogen (secondary N) is 1. The van der Waals surface area contributed by atoms with Gasteiger partial charge in [-0.05, 0) is 45.4 Å². The van der Waals surface area contributed by atoms with Crippen molar-refractivity contribution >= 4 is 40.0 Å². The van der Waals surface area contributed by atoms with E-state index in [0.717, 1.165) is 0 Å². The van der Waals surface area contributed by atoms with Crippen molar-refractivity contribution < 1.29 is 9.59 Å². The first kappa shape index (κ1) is 20.1. The second-order valence-electron chi connectivity index (χ2n) is 7.30. The number of H-pyrrole nitrogens is 1. The van der Waals surface area contributed by atoms with E-state index in [-0.39, 0.29) is 17.1 Å². The van der Waals surface area contributed by atoms with Crippen LogP contribution in [0.3, 0.4) is 0 Å². The lowest BCUT2D eigenvalue weighted by Crippen LogP contribution is -2.20. The third kappa shape index (κ3) is 2.97. The lowest BCUT2D eigenvalue weighted by Gasteiger charge is -2.11. The molecule has 1 N–H and O–H groups in total. The van der Waals surface area contributed by atoms with E-state index in [9.17, 15) is 14.4 Å². The van der Waals surface area contributed by atoms with Crippen LogP contribution in [0.4, 0.5) is 0 Å². The molecule has 30 heavy (non-hydrogen) atoms. The zero-order valence-corrected chi connectivity index (χ0v) is 18.1. The molecule has 8 nitrogen and oxygen atoms in total. The number of thioether (sulfide) groups is 1. The summed E-state index contributed by atoms with van der Waals surface area (Å²) in [5.41, 5.74) is 2.88. The van der Waals surface area contributed by atoms with E-state index in [1.54, 1.807) is 38.3 Å². The maximum Gasteiger partial charge on any atom is 0.262 e. The monoisotopic (exact) mass is 423 g/mol. The molecule has 0 radical (unpaired) electrons. The summed E-state index contributed by atoms with van der Waals surface area (Å²) in [6, 6.07) is 7.25. The van der Waals surface area contributed by atoms with Gasteiger partial charge in [-0.3, -0.25) is 23.4 Å². The number of aromatic nitrogens is 5. The van der Waals surface area contributed by atoms with Gasteiger partial charge in [-0.15, -0.1) is 10.2 Å². The maximum absolute atomic E-state index is 13.1. The van der Waals surface area contributed by atoms with Gasteiger partial charge in [0.2, 0.25) is 5.78 Å². The molecule has 3 aromatic heterocycles. The highest BCUT2D eigenvalue weighted by Gasteiger charge is 2.26. The topological polar surface area (TPSA) is 102 Å². The number of rotatable bonds is 5. The summed E-state index contributed by atoms with van der Waals surface area (Å²) in [5, 5.41) is 8.99. The van der Waals surface area contributed by atoms with Crippen molar-refractivity contribution in [2.75, 3.05) is 0 Å². The molecule has 0 saturated heterocycles. The van der Waals surface area contributed by atoms with Crippen molar-refractivity contribution in [1.29, 1.82) is 0 Å². The zero-order chi connectivity index (χ0) is 21.7. The standard InChI is InChI=1S/C21H21N5O3S/c1-10-16(12(3)27)11(2)22-17(10)18(28)13(4)30-21-24-23-20-25(5)19(29)14-8-6-7-9-15(14)26(20)21/h6-9,13,22H,1-5H3.